The van der Waals surface area contributed by atoms with E-state index >= 15 is 35.1 Å². The van der Waals surface area contributed by atoms with Crippen molar-refractivity contribution in [2.75, 3.05) is 0 Å². The van der Waals surface area contributed by atoms with Gasteiger partial charge in [-0.1, -0.05) is 44.2 Å². The molecule has 6 aromatic carbocycles. The van der Waals surface area contributed by atoms with E-state index in [9.17, 15) is 52.7 Å². The third-order valence-electron chi connectivity index (χ3n) is 10.1. The van der Waals surface area contributed by atoms with Gasteiger partial charge in [0.15, 0.2) is 69.8 Å². The molecule has 0 saturated heterocycles. The molecule has 0 spiro atoms. The van der Waals surface area contributed by atoms with Gasteiger partial charge in [0, 0.05) is 10.8 Å². The number of halogens is 20. The zero-order valence-corrected chi connectivity index (χ0v) is 31.9. The van der Waals surface area contributed by atoms with E-state index in [2.05, 4.69) is 44.2 Å². The first kappa shape index (κ1) is 47.7. The van der Waals surface area contributed by atoms with Crippen LogP contribution in [0.2, 0.25) is 0 Å². The summed E-state index contributed by atoms with van der Waals surface area (Å²) < 4.78 is 296. The Morgan fingerprint density at radius 3 is 0.923 bits per heavy atom. The van der Waals surface area contributed by atoms with Gasteiger partial charge >= 0.3 is 0 Å². The second-order valence-corrected chi connectivity index (χ2v) is 14.0. The Balaban J connectivity index is 0.000000289. The number of benzene rings is 6. The predicted octanol–water partition coefficient (Wildman–Crippen LogP) is 9.94. The molecule has 0 aliphatic rings. The second kappa shape index (κ2) is 17.6. The zero-order valence-electron chi connectivity index (χ0n) is 31.9. The van der Waals surface area contributed by atoms with Crippen LogP contribution < -0.4 is 31.4 Å². The van der Waals surface area contributed by atoms with Crippen LogP contribution >= 0.6 is 0 Å². The number of hydrogen-bond donors (Lipinski definition) is 0. The highest BCUT2D eigenvalue weighted by Crippen LogP contribution is 2.31. The molecule has 23 heteroatoms. The first-order valence-electron chi connectivity index (χ1n) is 17.8. The molecule has 7 aromatic rings. The van der Waals surface area contributed by atoms with Crippen LogP contribution in [0.3, 0.4) is 0 Å². The van der Waals surface area contributed by atoms with Gasteiger partial charge in [0.1, 0.15) is 52.7 Å². The Bertz CT molecular complexity index is 2670. The number of rotatable bonds is 7. The summed E-state index contributed by atoms with van der Waals surface area (Å²) in [5.41, 5.74) is -13.0. The normalized spacial score (nSPS) is 11.7. The highest BCUT2D eigenvalue weighted by atomic mass is 19.2. The molecule has 2 nitrogen and oxygen atoms in total. The van der Waals surface area contributed by atoms with Gasteiger partial charge < -0.3 is 0 Å². The summed E-state index contributed by atoms with van der Waals surface area (Å²) in [6, 6.07) is 18.5. The molecule has 0 saturated carbocycles. The fourth-order valence-electron chi connectivity index (χ4n) is 7.08. The lowest BCUT2D eigenvalue weighted by Crippen LogP contribution is -2.81. The maximum atomic E-state index is 15.4. The molecular formula is C42H18BF20NO. The van der Waals surface area contributed by atoms with Crippen LogP contribution in [-0.4, -0.2) is 6.15 Å². The number of hydrogen-bond acceptors (Lipinski definition) is 1. The van der Waals surface area contributed by atoms with E-state index in [0.29, 0.717) is 5.92 Å². The molecule has 0 amide bonds. The molecule has 0 atom stereocenters. The monoisotopic (exact) mass is 943 g/mol. The van der Waals surface area contributed by atoms with Crippen molar-refractivity contribution in [3.63, 3.8) is 0 Å². The summed E-state index contributed by atoms with van der Waals surface area (Å²) in [6.07, 6.45) is -3.30. The van der Waals surface area contributed by atoms with Gasteiger partial charge in [0.25, 0.3) is 0 Å². The Morgan fingerprint density at radius 2 is 0.631 bits per heavy atom. The lowest BCUT2D eigenvalue weighted by atomic mass is 9.12. The number of nitrogens with zero attached hydrogens (tertiary/aromatic N) is 1. The molecule has 0 fully saturated rings. The summed E-state index contributed by atoms with van der Waals surface area (Å²) >= 11 is 0. The summed E-state index contributed by atoms with van der Waals surface area (Å²) in [4.78, 5) is 5.84. The molecular weight excluding hydrogens is 925 g/mol. The van der Waals surface area contributed by atoms with Gasteiger partial charge in [-0.15, -0.1) is 21.9 Å². The molecule has 1 heterocycles. The number of pyridine rings is 1. The van der Waals surface area contributed by atoms with E-state index in [1.54, 1.807) is 4.73 Å². The van der Waals surface area contributed by atoms with E-state index in [-0.39, 0.29) is 0 Å². The fourth-order valence-corrected chi connectivity index (χ4v) is 7.08. The minimum absolute atomic E-state index is 0.539. The van der Waals surface area contributed by atoms with Crippen molar-refractivity contribution in [1.82, 2.24) is 0 Å². The largest absolute Gasteiger partial charge is 0.232 e. The Morgan fingerprint density at radius 1 is 0.354 bits per heavy atom. The van der Waals surface area contributed by atoms with Gasteiger partial charge in [0.05, 0.1) is 5.39 Å². The molecule has 7 rings (SSSR count). The van der Waals surface area contributed by atoms with E-state index < -0.39 is 144 Å². The lowest BCUT2D eigenvalue weighted by Gasteiger charge is -2.44. The second-order valence-electron chi connectivity index (χ2n) is 14.0. The molecule has 340 valence electrons. The molecule has 0 radical (unpaired) electrons. The minimum atomic E-state index is -7.22. The maximum Gasteiger partial charge on any atom is 0.230 e. The van der Waals surface area contributed by atoms with Crippen LogP contribution in [0.1, 0.15) is 25.3 Å². The van der Waals surface area contributed by atoms with Crippen molar-refractivity contribution in [2.45, 2.75) is 19.8 Å². The molecule has 0 aliphatic carbocycles. The van der Waals surface area contributed by atoms with E-state index in [1.165, 1.54) is 10.9 Å². The predicted molar refractivity (Wildman–Crippen MR) is 190 cm³/mol. The van der Waals surface area contributed by atoms with Crippen molar-refractivity contribution >= 4 is 38.8 Å². The third-order valence-corrected chi connectivity index (χ3v) is 10.1. The van der Waals surface area contributed by atoms with E-state index in [0.717, 1.165) is 11.1 Å². The van der Waals surface area contributed by atoms with Crippen molar-refractivity contribution in [3.8, 4) is 5.75 Å². The van der Waals surface area contributed by atoms with Gasteiger partial charge in [-0.2, -0.15) is 0 Å². The summed E-state index contributed by atoms with van der Waals surface area (Å²) in [5, 5.41) is 2.37. The highest BCUT2D eigenvalue weighted by Gasteiger charge is 2.52. The molecule has 1 aromatic heterocycles. The number of fused-ring (bicyclic) bond motifs is 1. The average molecular weight is 943 g/mol. The van der Waals surface area contributed by atoms with Crippen LogP contribution in [0.4, 0.5) is 87.8 Å². The standard InChI is InChI=1S/C24BF20.C18H18NO/c26-5-1(6(27)14(35)21(42)13(5)34)25(2-7(28)15(36)22(43)16(37)8(2)29,3-9(30)17(38)23(44)18(39)10(3)31)4-11(32)19(40)24(45)20(41)12(4)33;1-14(2)15-7-9-18(10-8-15)20-19-12-11-16-5-3-4-6-17(16)13-19/h;3-14H,1-2H3/q-1;+1. The topological polar surface area (TPSA) is 13.1 Å². The molecule has 0 N–H and O–H groups in total. The van der Waals surface area contributed by atoms with Gasteiger partial charge in [0.2, 0.25) is 18.1 Å². The van der Waals surface area contributed by atoms with Crippen molar-refractivity contribution in [3.05, 3.63) is 189 Å². The summed E-state index contributed by atoms with van der Waals surface area (Å²) in [7, 11) is 0. The van der Waals surface area contributed by atoms with Crippen molar-refractivity contribution < 1.29 is 97.4 Å². The van der Waals surface area contributed by atoms with E-state index in [1.807, 2.05) is 36.7 Å². The van der Waals surface area contributed by atoms with Crippen LogP contribution in [0.25, 0.3) is 10.8 Å². The quantitative estimate of drug-likeness (QED) is 0.0511. The molecule has 0 unspecified atom stereocenters. The summed E-state index contributed by atoms with van der Waals surface area (Å²) in [6.45, 7) is 4.38. The lowest BCUT2D eigenvalue weighted by molar-refractivity contribution is -0.874. The third kappa shape index (κ3) is 7.62. The van der Waals surface area contributed by atoms with Crippen molar-refractivity contribution in [2.24, 2.45) is 0 Å². The average Bonchev–Trinajstić information content (AvgIpc) is 3.29. The van der Waals surface area contributed by atoms with Crippen LogP contribution in [0.15, 0.2) is 67.0 Å². The minimum Gasteiger partial charge on any atom is -0.232 e. The smallest absolute Gasteiger partial charge is 0.230 e. The van der Waals surface area contributed by atoms with Crippen molar-refractivity contribution in [1.29, 1.82) is 0 Å². The SMILES string of the molecule is CC(C)c1ccc(O[n+]2ccc3ccccc3c2)cc1.Fc1c(F)c(F)c([B-](c2c(F)c(F)c(F)c(F)c2F)(c2c(F)c(F)c(F)c(F)c2F)c2c(F)c(F)c(F)c(F)c2F)c(F)c1F. The maximum absolute atomic E-state index is 15.4. The van der Waals surface area contributed by atoms with Crippen LogP contribution in [0.5, 0.6) is 5.75 Å². The first-order chi connectivity index (χ1) is 30.4. The fraction of sp³-hybridized carbons (Fsp3) is 0.0714. The molecule has 0 aliphatic heterocycles. The van der Waals surface area contributed by atoms with Gasteiger partial charge in [-0.25, -0.2) is 92.6 Å². The molecule has 0 bridgehead atoms. The van der Waals surface area contributed by atoms with Crippen LogP contribution in [-0.2, 0) is 0 Å². The Labute approximate surface area is 350 Å². The highest BCUT2D eigenvalue weighted by molar-refractivity contribution is 7.20. The Hall–Kier alpha value is -6.81. The van der Waals surface area contributed by atoms with Crippen LogP contribution in [0, 0.1) is 116 Å². The first-order valence-corrected chi connectivity index (χ1v) is 17.8. The van der Waals surface area contributed by atoms with E-state index in [4.69, 9.17) is 4.84 Å². The summed E-state index contributed by atoms with van der Waals surface area (Å²) in [5.74, 6) is -70.0. The van der Waals surface area contributed by atoms with Gasteiger partial charge in [-0.05, 0) is 35.1 Å². The van der Waals surface area contributed by atoms with Gasteiger partial charge in [-0.3, -0.25) is 0 Å². The molecule has 65 heavy (non-hydrogen) atoms. The zero-order chi connectivity index (χ0) is 48.3. The Kier molecular flexibility index (Phi) is 12.9. The number of aromatic nitrogens is 1.